The Bertz CT molecular complexity index is 712. The molecule has 0 unspecified atom stereocenters. The van der Waals surface area contributed by atoms with E-state index in [2.05, 4.69) is 0 Å². The molecule has 0 N–H and O–H groups in total. The van der Waals surface area contributed by atoms with Crippen molar-refractivity contribution in [1.29, 1.82) is 5.26 Å². The monoisotopic (exact) mass is 281 g/mol. The lowest BCUT2D eigenvalue weighted by Crippen LogP contribution is -2.05. The van der Waals surface area contributed by atoms with Crippen LogP contribution in [0.4, 0.5) is 0 Å². The van der Waals surface area contributed by atoms with Crippen LogP contribution >= 0.6 is 0 Å². The number of hydrogen-bond donors (Lipinski definition) is 0. The standard InChI is InChI=1S/C17H15NO3/c1-11-4-6-12(7-5-11)17(19)14-9-16(21-3)15(20-2)8-13(14)10-18/h4-9H,1-3H3. The third kappa shape index (κ3) is 2.87. The summed E-state index contributed by atoms with van der Waals surface area (Å²) in [5, 5.41) is 9.24. The second-order valence-electron chi connectivity index (χ2n) is 4.56. The molecule has 0 bridgehead atoms. The lowest BCUT2D eigenvalue weighted by molar-refractivity contribution is 0.103. The lowest BCUT2D eigenvalue weighted by atomic mass is 9.97. The predicted molar refractivity (Wildman–Crippen MR) is 78.9 cm³/mol. The normalized spacial score (nSPS) is 9.81. The summed E-state index contributed by atoms with van der Waals surface area (Å²) >= 11 is 0. The van der Waals surface area contributed by atoms with E-state index in [-0.39, 0.29) is 11.3 Å². The van der Waals surface area contributed by atoms with Gasteiger partial charge in [-0.1, -0.05) is 29.8 Å². The van der Waals surface area contributed by atoms with E-state index in [4.69, 9.17) is 9.47 Å². The van der Waals surface area contributed by atoms with Crippen molar-refractivity contribution < 1.29 is 14.3 Å². The van der Waals surface area contributed by atoms with Crippen molar-refractivity contribution in [3.05, 3.63) is 58.7 Å². The Morgan fingerprint density at radius 1 is 1.05 bits per heavy atom. The molecule has 0 aliphatic rings. The second kappa shape index (κ2) is 6.10. The fourth-order valence-electron chi connectivity index (χ4n) is 2.02. The van der Waals surface area contributed by atoms with E-state index in [1.807, 2.05) is 25.1 Å². The van der Waals surface area contributed by atoms with Gasteiger partial charge in [0.25, 0.3) is 0 Å². The summed E-state index contributed by atoms with van der Waals surface area (Å²) in [7, 11) is 2.98. The van der Waals surface area contributed by atoms with Crippen LogP contribution < -0.4 is 9.47 Å². The molecule has 4 nitrogen and oxygen atoms in total. The van der Waals surface area contributed by atoms with Crippen molar-refractivity contribution in [2.75, 3.05) is 14.2 Å². The van der Waals surface area contributed by atoms with Gasteiger partial charge in [-0.3, -0.25) is 4.79 Å². The Hall–Kier alpha value is -2.80. The van der Waals surface area contributed by atoms with Gasteiger partial charge in [0.2, 0.25) is 0 Å². The second-order valence-corrected chi connectivity index (χ2v) is 4.56. The maximum absolute atomic E-state index is 12.6. The average Bonchev–Trinajstić information content (AvgIpc) is 2.53. The SMILES string of the molecule is COc1cc(C#N)c(C(=O)c2ccc(C)cc2)cc1OC. The number of rotatable bonds is 4. The van der Waals surface area contributed by atoms with Crippen LogP contribution in [0.5, 0.6) is 11.5 Å². The smallest absolute Gasteiger partial charge is 0.194 e. The van der Waals surface area contributed by atoms with E-state index in [9.17, 15) is 10.1 Å². The van der Waals surface area contributed by atoms with E-state index >= 15 is 0 Å². The Kier molecular flexibility index (Phi) is 4.24. The van der Waals surface area contributed by atoms with E-state index in [1.54, 1.807) is 18.2 Å². The van der Waals surface area contributed by atoms with Gasteiger partial charge in [-0.25, -0.2) is 0 Å². The van der Waals surface area contributed by atoms with E-state index in [0.717, 1.165) is 5.56 Å². The molecule has 0 aromatic heterocycles. The predicted octanol–water partition coefficient (Wildman–Crippen LogP) is 3.11. The van der Waals surface area contributed by atoms with Crippen LogP contribution in [-0.4, -0.2) is 20.0 Å². The highest BCUT2D eigenvalue weighted by atomic mass is 16.5. The number of ketones is 1. The molecule has 0 radical (unpaired) electrons. The molecular weight excluding hydrogens is 266 g/mol. The first-order chi connectivity index (χ1) is 10.1. The van der Waals surface area contributed by atoms with Gasteiger partial charge in [0.1, 0.15) is 6.07 Å². The molecule has 0 saturated carbocycles. The molecule has 0 saturated heterocycles. The number of methoxy groups -OCH3 is 2. The zero-order valence-electron chi connectivity index (χ0n) is 12.1. The van der Waals surface area contributed by atoms with Gasteiger partial charge in [0.05, 0.1) is 19.8 Å². The van der Waals surface area contributed by atoms with Crippen LogP contribution in [0, 0.1) is 18.3 Å². The molecule has 0 aliphatic carbocycles. The van der Waals surface area contributed by atoms with Crippen LogP contribution in [0.1, 0.15) is 27.0 Å². The maximum Gasteiger partial charge on any atom is 0.194 e. The van der Waals surface area contributed by atoms with Crippen LogP contribution in [0.25, 0.3) is 0 Å². The molecule has 2 rings (SSSR count). The first kappa shape index (κ1) is 14.6. The molecule has 2 aromatic rings. The third-order valence-corrected chi connectivity index (χ3v) is 3.20. The van der Waals surface area contributed by atoms with Gasteiger partial charge in [0.15, 0.2) is 17.3 Å². The van der Waals surface area contributed by atoms with Crippen molar-refractivity contribution in [2.24, 2.45) is 0 Å². The Labute approximate surface area is 123 Å². The fraction of sp³-hybridized carbons (Fsp3) is 0.176. The highest BCUT2D eigenvalue weighted by molar-refractivity contribution is 6.10. The van der Waals surface area contributed by atoms with Gasteiger partial charge in [-0.15, -0.1) is 0 Å². The molecule has 0 fully saturated rings. The molecule has 106 valence electrons. The zero-order chi connectivity index (χ0) is 15.4. The largest absolute Gasteiger partial charge is 0.493 e. The molecule has 2 aromatic carbocycles. The van der Waals surface area contributed by atoms with Crippen molar-refractivity contribution in [3.63, 3.8) is 0 Å². The lowest BCUT2D eigenvalue weighted by Gasteiger charge is -2.11. The summed E-state index contributed by atoms with van der Waals surface area (Å²) in [5.74, 6) is 0.633. The van der Waals surface area contributed by atoms with Gasteiger partial charge in [-0.05, 0) is 13.0 Å². The number of carbonyl (C=O) groups is 1. The molecule has 0 spiro atoms. The molecule has 21 heavy (non-hydrogen) atoms. The molecule has 0 aliphatic heterocycles. The van der Waals surface area contributed by atoms with Crippen LogP contribution in [0.3, 0.4) is 0 Å². The molecule has 0 amide bonds. The summed E-state index contributed by atoms with van der Waals surface area (Å²) in [6.45, 7) is 1.95. The average molecular weight is 281 g/mol. The van der Waals surface area contributed by atoms with Crippen LogP contribution in [0.2, 0.25) is 0 Å². The number of ether oxygens (including phenoxy) is 2. The fourth-order valence-corrected chi connectivity index (χ4v) is 2.02. The number of nitrogens with zero attached hydrogens (tertiary/aromatic N) is 1. The van der Waals surface area contributed by atoms with Gasteiger partial charge in [0, 0.05) is 17.2 Å². The van der Waals surface area contributed by atoms with Crippen molar-refractivity contribution in [3.8, 4) is 17.6 Å². The van der Waals surface area contributed by atoms with Crippen LogP contribution in [0.15, 0.2) is 36.4 Å². The number of aryl methyl sites for hydroxylation is 1. The zero-order valence-corrected chi connectivity index (χ0v) is 12.1. The summed E-state index contributed by atoms with van der Waals surface area (Å²) in [5.41, 5.74) is 2.17. The van der Waals surface area contributed by atoms with E-state index in [0.29, 0.717) is 22.6 Å². The summed E-state index contributed by atoms with van der Waals surface area (Å²) < 4.78 is 10.3. The van der Waals surface area contributed by atoms with Crippen molar-refractivity contribution in [2.45, 2.75) is 6.92 Å². The summed E-state index contributed by atoms with van der Waals surface area (Å²) in [6.07, 6.45) is 0. The molecule has 0 heterocycles. The van der Waals surface area contributed by atoms with E-state index < -0.39 is 0 Å². The van der Waals surface area contributed by atoms with Crippen molar-refractivity contribution >= 4 is 5.78 Å². The van der Waals surface area contributed by atoms with Gasteiger partial charge >= 0.3 is 0 Å². The topological polar surface area (TPSA) is 59.3 Å². The Balaban J connectivity index is 2.54. The summed E-state index contributed by atoms with van der Waals surface area (Å²) in [6, 6.07) is 12.3. The molecular formula is C17H15NO3. The minimum Gasteiger partial charge on any atom is -0.493 e. The van der Waals surface area contributed by atoms with Crippen LogP contribution in [-0.2, 0) is 0 Å². The van der Waals surface area contributed by atoms with E-state index in [1.165, 1.54) is 20.3 Å². The Morgan fingerprint density at radius 3 is 2.14 bits per heavy atom. The third-order valence-electron chi connectivity index (χ3n) is 3.20. The van der Waals surface area contributed by atoms with Crippen molar-refractivity contribution in [1.82, 2.24) is 0 Å². The highest BCUT2D eigenvalue weighted by Crippen LogP contribution is 2.31. The Morgan fingerprint density at radius 2 is 1.62 bits per heavy atom. The summed E-state index contributed by atoms with van der Waals surface area (Å²) in [4.78, 5) is 12.6. The first-order valence-electron chi connectivity index (χ1n) is 6.38. The molecule has 0 atom stereocenters. The quantitative estimate of drug-likeness (QED) is 0.808. The number of nitriles is 1. The number of carbonyl (C=O) groups excluding carboxylic acids is 1. The maximum atomic E-state index is 12.6. The number of hydrogen-bond acceptors (Lipinski definition) is 4. The minimum absolute atomic E-state index is 0.215. The first-order valence-corrected chi connectivity index (χ1v) is 6.38. The van der Waals surface area contributed by atoms with Gasteiger partial charge < -0.3 is 9.47 Å². The minimum atomic E-state index is -0.215. The number of benzene rings is 2. The molecule has 4 heteroatoms. The van der Waals surface area contributed by atoms with Gasteiger partial charge in [-0.2, -0.15) is 5.26 Å². The highest BCUT2D eigenvalue weighted by Gasteiger charge is 2.18.